The van der Waals surface area contributed by atoms with Gasteiger partial charge in [0.1, 0.15) is 0 Å². The minimum Gasteiger partial charge on any atom is -0.357 e. The van der Waals surface area contributed by atoms with E-state index in [2.05, 4.69) is 35.4 Å². The van der Waals surface area contributed by atoms with Gasteiger partial charge in [-0.1, -0.05) is 6.92 Å². The molecule has 3 nitrogen and oxygen atoms in total. The van der Waals surface area contributed by atoms with Crippen molar-refractivity contribution in [3.63, 3.8) is 0 Å². The van der Waals surface area contributed by atoms with Crippen molar-refractivity contribution in [2.75, 3.05) is 6.54 Å². The number of hydrogen-bond donors (Lipinski definition) is 1. The molecule has 0 aliphatic carbocycles. The van der Waals surface area contributed by atoms with E-state index in [1.165, 1.54) is 5.69 Å². The summed E-state index contributed by atoms with van der Waals surface area (Å²) in [6.07, 6.45) is 0. The first-order chi connectivity index (χ1) is 5.63. The first-order valence-electron chi connectivity index (χ1n) is 4.43. The van der Waals surface area contributed by atoms with Crippen molar-refractivity contribution in [3.05, 3.63) is 17.5 Å². The van der Waals surface area contributed by atoms with Crippen LogP contribution in [-0.2, 0) is 6.54 Å². The number of nitrogens with zero attached hydrogens (tertiary/aromatic N) is 2. The van der Waals surface area contributed by atoms with Gasteiger partial charge in [0, 0.05) is 18.2 Å². The molecule has 0 fully saturated rings. The molecule has 1 aromatic heterocycles. The Morgan fingerprint density at radius 1 is 1.58 bits per heavy atom. The lowest BCUT2D eigenvalue weighted by molar-refractivity contribution is -0.378. The van der Waals surface area contributed by atoms with E-state index in [9.17, 15) is 0 Å². The van der Waals surface area contributed by atoms with Gasteiger partial charge < -0.3 is 5.73 Å². The van der Waals surface area contributed by atoms with Crippen LogP contribution in [0.1, 0.15) is 18.3 Å². The van der Waals surface area contributed by atoms with E-state index in [1.54, 1.807) is 0 Å². The van der Waals surface area contributed by atoms with Gasteiger partial charge >= 0.3 is 0 Å². The Morgan fingerprint density at radius 2 is 2.25 bits per heavy atom. The van der Waals surface area contributed by atoms with Crippen LogP contribution in [-0.4, -0.2) is 16.3 Å². The molecule has 3 N–H and O–H groups in total. The first-order valence-corrected chi connectivity index (χ1v) is 4.43. The van der Waals surface area contributed by atoms with Crippen LogP contribution in [0.4, 0.5) is 0 Å². The molecule has 0 saturated carbocycles. The zero-order chi connectivity index (χ0) is 9.14. The molecule has 0 aliphatic heterocycles. The summed E-state index contributed by atoms with van der Waals surface area (Å²) in [5, 5.41) is 4.39. The fourth-order valence-electron chi connectivity index (χ4n) is 1.25. The largest absolute Gasteiger partial charge is 0.357 e. The van der Waals surface area contributed by atoms with Crippen LogP contribution in [0.5, 0.6) is 0 Å². The van der Waals surface area contributed by atoms with Gasteiger partial charge in [0.05, 0.1) is 12.2 Å². The summed E-state index contributed by atoms with van der Waals surface area (Å²) in [4.78, 5) is 0. The molecule has 0 aliphatic rings. The molecule has 1 rings (SSSR count). The standard InChI is InChI=1S/C9H17N3/c1-7(5-10)6-12-9(3)4-8(2)11-12/h4,7H,5-6,10H2,1-3H3/p+1/t7-/m0/s1. The second-order valence-electron chi connectivity index (χ2n) is 3.50. The van der Waals surface area contributed by atoms with Gasteiger partial charge in [-0.2, -0.15) is 5.10 Å². The maximum atomic E-state index is 4.39. The van der Waals surface area contributed by atoms with Crippen LogP contribution in [0.25, 0.3) is 0 Å². The summed E-state index contributed by atoms with van der Waals surface area (Å²) in [5.41, 5.74) is 6.22. The third-order valence-corrected chi connectivity index (χ3v) is 2.08. The van der Waals surface area contributed by atoms with Gasteiger partial charge in [0.15, 0.2) is 0 Å². The monoisotopic (exact) mass is 168 g/mol. The van der Waals surface area contributed by atoms with E-state index in [0.29, 0.717) is 5.92 Å². The van der Waals surface area contributed by atoms with Crippen LogP contribution in [0, 0.1) is 19.8 Å². The minimum atomic E-state index is 0.614. The summed E-state index contributed by atoms with van der Waals surface area (Å²) < 4.78 is 2.06. The maximum Gasteiger partial charge on any atom is 0.0783 e. The molecule has 0 spiro atoms. The van der Waals surface area contributed by atoms with Crippen molar-refractivity contribution >= 4 is 0 Å². The fourth-order valence-corrected chi connectivity index (χ4v) is 1.25. The Labute approximate surface area is 73.6 Å². The highest BCUT2D eigenvalue weighted by Crippen LogP contribution is 2.04. The molecule has 3 heteroatoms. The Balaban J connectivity index is 2.68. The summed E-state index contributed by atoms with van der Waals surface area (Å²) in [7, 11) is 0. The summed E-state index contributed by atoms with van der Waals surface area (Å²) in [6.45, 7) is 8.28. The van der Waals surface area contributed by atoms with E-state index in [0.717, 1.165) is 18.8 Å². The van der Waals surface area contributed by atoms with Gasteiger partial charge in [-0.15, -0.1) is 0 Å². The predicted molar refractivity (Wildman–Crippen MR) is 48.6 cm³/mol. The number of rotatable bonds is 3. The maximum absolute atomic E-state index is 4.39. The van der Waals surface area contributed by atoms with E-state index in [-0.39, 0.29) is 0 Å². The number of hydrogen-bond acceptors (Lipinski definition) is 1. The highest BCUT2D eigenvalue weighted by molar-refractivity contribution is 5.06. The lowest BCUT2D eigenvalue weighted by atomic mass is 10.2. The lowest BCUT2D eigenvalue weighted by Gasteiger charge is -2.07. The smallest absolute Gasteiger partial charge is 0.0783 e. The zero-order valence-corrected chi connectivity index (χ0v) is 8.17. The Bertz CT molecular complexity index is 252. The van der Waals surface area contributed by atoms with E-state index in [4.69, 9.17) is 0 Å². The fraction of sp³-hybridized carbons (Fsp3) is 0.667. The summed E-state index contributed by atoms with van der Waals surface area (Å²) in [5.74, 6) is 0.614. The second kappa shape index (κ2) is 3.72. The molecule has 1 heterocycles. The summed E-state index contributed by atoms with van der Waals surface area (Å²) >= 11 is 0. The average molecular weight is 168 g/mol. The van der Waals surface area contributed by atoms with Crippen LogP contribution in [0.3, 0.4) is 0 Å². The second-order valence-corrected chi connectivity index (χ2v) is 3.50. The van der Waals surface area contributed by atoms with Gasteiger partial charge in [-0.25, -0.2) is 0 Å². The van der Waals surface area contributed by atoms with E-state index < -0.39 is 0 Å². The molecule has 0 radical (unpaired) electrons. The van der Waals surface area contributed by atoms with Crippen molar-refractivity contribution < 1.29 is 5.73 Å². The molecule has 0 bridgehead atoms. The van der Waals surface area contributed by atoms with Gasteiger partial charge in [-0.05, 0) is 19.9 Å². The molecular formula is C9H18N3+. The number of aryl methyl sites for hydroxylation is 2. The van der Waals surface area contributed by atoms with Crippen LogP contribution in [0.2, 0.25) is 0 Å². The molecule has 1 atom stereocenters. The zero-order valence-electron chi connectivity index (χ0n) is 8.17. The van der Waals surface area contributed by atoms with Crippen molar-refractivity contribution in [2.24, 2.45) is 5.92 Å². The van der Waals surface area contributed by atoms with Crippen molar-refractivity contribution in [1.29, 1.82) is 0 Å². The van der Waals surface area contributed by atoms with E-state index in [1.807, 2.05) is 6.92 Å². The van der Waals surface area contributed by atoms with Gasteiger partial charge in [0.2, 0.25) is 0 Å². The Hall–Kier alpha value is -0.830. The molecular weight excluding hydrogens is 150 g/mol. The Morgan fingerprint density at radius 3 is 2.67 bits per heavy atom. The third-order valence-electron chi connectivity index (χ3n) is 2.08. The van der Waals surface area contributed by atoms with Gasteiger partial charge in [-0.3, -0.25) is 4.68 Å². The molecule has 0 unspecified atom stereocenters. The minimum absolute atomic E-state index is 0.614. The molecule has 1 aromatic rings. The topological polar surface area (TPSA) is 45.5 Å². The molecule has 68 valence electrons. The molecule has 12 heavy (non-hydrogen) atoms. The lowest BCUT2D eigenvalue weighted by Crippen LogP contribution is -2.53. The van der Waals surface area contributed by atoms with Gasteiger partial charge in [0.25, 0.3) is 0 Å². The van der Waals surface area contributed by atoms with Crippen LogP contribution >= 0.6 is 0 Å². The van der Waals surface area contributed by atoms with Crippen molar-refractivity contribution in [1.82, 2.24) is 9.78 Å². The number of aromatic nitrogens is 2. The number of quaternary nitrogens is 1. The normalized spacial score (nSPS) is 13.3. The summed E-state index contributed by atoms with van der Waals surface area (Å²) in [6, 6.07) is 2.11. The van der Waals surface area contributed by atoms with E-state index >= 15 is 0 Å². The molecule has 0 amide bonds. The average Bonchev–Trinajstić information content (AvgIpc) is 2.30. The van der Waals surface area contributed by atoms with Crippen LogP contribution in [0.15, 0.2) is 6.07 Å². The third kappa shape index (κ3) is 2.08. The quantitative estimate of drug-likeness (QED) is 0.696. The van der Waals surface area contributed by atoms with Crippen molar-refractivity contribution in [2.45, 2.75) is 27.3 Å². The molecule has 0 saturated heterocycles. The highest BCUT2D eigenvalue weighted by Gasteiger charge is 2.05. The predicted octanol–water partition coefficient (Wildman–Crippen LogP) is 0.378. The first kappa shape index (κ1) is 9.26. The van der Waals surface area contributed by atoms with Crippen molar-refractivity contribution in [3.8, 4) is 0 Å². The van der Waals surface area contributed by atoms with Crippen LogP contribution < -0.4 is 5.73 Å². The highest BCUT2D eigenvalue weighted by atomic mass is 15.3. The Kier molecular flexibility index (Phi) is 2.87. The SMILES string of the molecule is Cc1cc(C)n(C[C@@H](C)C[NH3+])n1. The molecule has 0 aromatic carbocycles.